The lowest BCUT2D eigenvalue weighted by atomic mass is 10.2. The smallest absolute Gasteiger partial charge is 0.337 e. The largest absolute Gasteiger partial charge is 0.478 e. The summed E-state index contributed by atoms with van der Waals surface area (Å²) in [5.41, 5.74) is 0.865. The molecule has 0 unspecified atom stereocenters. The van der Waals surface area contributed by atoms with Crippen LogP contribution in [0.5, 0.6) is 5.88 Å². The zero-order chi connectivity index (χ0) is 10.7. The highest BCUT2D eigenvalue weighted by atomic mass is 16.5. The fourth-order valence-corrected chi connectivity index (χ4v) is 1.06. The Balaban J connectivity index is 2.94. The summed E-state index contributed by atoms with van der Waals surface area (Å²) in [6, 6.07) is 1.63. The number of hydrogen-bond acceptors (Lipinski definition) is 3. The van der Waals surface area contributed by atoms with Crippen molar-refractivity contribution in [3.05, 3.63) is 23.4 Å². The van der Waals surface area contributed by atoms with Crippen LogP contribution in [-0.4, -0.2) is 22.2 Å². The molecule has 1 N–H and O–H groups in total. The lowest BCUT2D eigenvalue weighted by molar-refractivity contribution is 0.0695. The highest BCUT2D eigenvalue weighted by Crippen LogP contribution is 2.14. The van der Waals surface area contributed by atoms with Crippen molar-refractivity contribution in [1.82, 2.24) is 4.98 Å². The normalized spacial score (nSPS) is 10.3. The molecule has 0 aliphatic carbocycles. The standard InChI is InChI=1S/C10H13NO3/c1-6(2)14-9-4-7(3)8(5-11-9)10(12)13/h4-6H,1-3H3,(H,12,13). The van der Waals surface area contributed by atoms with Gasteiger partial charge in [-0.3, -0.25) is 0 Å². The van der Waals surface area contributed by atoms with Crippen LogP contribution in [0, 0.1) is 6.92 Å². The van der Waals surface area contributed by atoms with Crippen LogP contribution in [0.4, 0.5) is 0 Å². The Bertz CT molecular complexity index is 347. The van der Waals surface area contributed by atoms with E-state index in [1.165, 1.54) is 6.20 Å². The molecule has 1 aromatic rings. The number of pyridine rings is 1. The second-order valence-electron chi connectivity index (χ2n) is 3.31. The third kappa shape index (κ3) is 2.45. The maximum atomic E-state index is 10.7. The Kier molecular flexibility index (Phi) is 3.06. The monoisotopic (exact) mass is 195 g/mol. The third-order valence-corrected chi connectivity index (χ3v) is 1.67. The number of aromatic nitrogens is 1. The summed E-state index contributed by atoms with van der Waals surface area (Å²) in [6.45, 7) is 5.50. The Hall–Kier alpha value is -1.58. The number of rotatable bonds is 3. The summed E-state index contributed by atoms with van der Waals surface area (Å²) < 4.78 is 5.33. The second kappa shape index (κ2) is 4.09. The van der Waals surface area contributed by atoms with Crippen molar-refractivity contribution in [3.8, 4) is 5.88 Å². The number of ether oxygens (including phenoxy) is 1. The SMILES string of the molecule is Cc1cc(OC(C)C)ncc1C(=O)O. The quantitative estimate of drug-likeness (QED) is 0.799. The van der Waals surface area contributed by atoms with Crippen LogP contribution in [0.3, 0.4) is 0 Å². The van der Waals surface area contributed by atoms with E-state index in [1.54, 1.807) is 13.0 Å². The first-order valence-electron chi connectivity index (χ1n) is 4.37. The molecule has 0 aliphatic heterocycles. The van der Waals surface area contributed by atoms with Gasteiger partial charge in [-0.05, 0) is 26.3 Å². The second-order valence-corrected chi connectivity index (χ2v) is 3.31. The lowest BCUT2D eigenvalue weighted by Gasteiger charge is -2.09. The summed E-state index contributed by atoms with van der Waals surface area (Å²) in [5.74, 6) is -0.506. The minimum absolute atomic E-state index is 0.0394. The number of nitrogens with zero attached hydrogens (tertiary/aromatic N) is 1. The average molecular weight is 195 g/mol. The maximum absolute atomic E-state index is 10.7. The van der Waals surface area contributed by atoms with Crippen LogP contribution >= 0.6 is 0 Å². The topological polar surface area (TPSA) is 59.4 Å². The fourth-order valence-electron chi connectivity index (χ4n) is 1.06. The molecule has 0 amide bonds. The van der Waals surface area contributed by atoms with Gasteiger partial charge >= 0.3 is 5.97 Å². The van der Waals surface area contributed by atoms with Gasteiger partial charge in [-0.25, -0.2) is 9.78 Å². The first-order chi connectivity index (χ1) is 6.50. The molecule has 0 fully saturated rings. The summed E-state index contributed by atoms with van der Waals surface area (Å²) in [6.07, 6.45) is 1.35. The molecule has 1 aromatic heterocycles. The number of aryl methyl sites for hydroxylation is 1. The van der Waals surface area contributed by atoms with Gasteiger partial charge < -0.3 is 9.84 Å². The molecule has 0 aromatic carbocycles. The van der Waals surface area contributed by atoms with Crippen LogP contribution in [-0.2, 0) is 0 Å². The van der Waals surface area contributed by atoms with E-state index in [0.717, 1.165) is 0 Å². The van der Waals surface area contributed by atoms with Crippen molar-refractivity contribution in [1.29, 1.82) is 0 Å². The van der Waals surface area contributed by atoms with E-state index in [2.05, 4.69) is 4.98 Å². The van der Waals surface area contributed by atoms with Gasteiger partial charge in [0.05, 0.1) is 11.7 Å². The lowest BCUT2D eigenvalue weighted by Crippen LogP contribution is -2.08. The molecule has 0 spiro atoms. The predicted octanol–water partition coefficient (Wildman–Crippen LogP) is 1.88. The Labute approximate surface area is 82.5 Å². The number of carboxylic acids is 1. The first-order valence-corrected chi connectivity index (χ1v) is 4.37. The van der Waals surface area contributed by atoms with E-state index in [1.807, 2.05) is 13.8 Å². The van der Waals surface area contributed by atoms with E-state index >= 15 is 0 Å². The van der Waals surface area contributed by atoms with Crippen molar-refractivity contribution >= 4 is 5.97 Å². The third-order valence-electron chi connectivity index (χ3n) is 1.67. The Morgan fingerprint density at radius 2 is 2.21 bits per heavy atom. The van der Waals surface area contributed by atoms with Crippen molar-refractivity contribution in [2.45, 2.75) is 26.9 Å². The first kappa shape index (κ1) is 10.5. The minimum Gasteiger partial charge on any atom is -0.478 e. The molecule has 4 heteroatoms. The van der Waals surface area contributed by atoms with Gasteiger partial charge in [-0.2, -0.15) is 0 Å². The highest BCUT2D eigenvalue weighted by Gasteiger charge is 2.09. The number of carbonyl (C=O) groups is 1. The van der Waals surface area contributed by atoms with Gasteiger partial charge in [-0.15, -0.1) is 0 Å². The average Bonchev–Trinajstić information content (AvgIpc) is 2.01. The van der Waals surface area contributed by atoms with Gasteiger partial charge in [0.2, 0.25) is 5.88 Å². The Morgan fingerprint density at radius 1 is 1.57 bits per heavy atom. The zero-order valence-electron chi connectivity index (χ0n) is 8.44. The molecule has 0 saturated carbocycles. The molecular formula is C10H13NO3. The summed E-state index contributed by atoms with van der Waals surface area (Å²) >= 11 is 0. The van der Waals surface area contributed by atoms with Crippen LogP contribution in [0.2, 0.25) is 0 Å². The zero-order valence-corrected chi connectivity index (χ0v) is 8.44. The van der Waals surface area contributed by atoms with E-state index < -0.39 is 5.97 Å². The molecule has 0 radical (unpaired) electrons. The van der Waals surface area contributed by atoms with Gasteiger partial charge in [0.1, 0.15) is 0 Å². The molecule has 4 nitrogen and oxygen atoms in total. The number of hydrogen-bond donors (Lipinski definition) is 1. The molecule has 14 heavy (non-hydrogen) atoms. The molecular weight excluding hydrogens is 182 g/mol. The molecule has 1 heterocycles. The van der Waals surface area contributed by atoms with Crippen LogP contribution in [0.1, 0.15) is 29.8 Å². The van der Waals surface area contributed by atoms with Crippen LogP contribution in [0.25, 0.3) is 0 Å². The number of aromatic carboxylic acids is 1. The predicted molar refractivity (Wildman–Crippen MR) is 51.7 cm³/mol. The maximum Gasteiger partial charge on any atom is 0.337 e. The van der Waals surface area contributed by atoms with E-state index in [4.69, 9.17) is 9.84 Å². The van der Waals surface area contributed by atoms with Gasteiger partial charge in [-0.1, -0.05) is 0 Å². The minimum atomic E-state index is -0.967. The van der Waals surface area contributed by atoms with E-state index in [9.17, 15) is 4.79 Å². The fraction of sp³-hybridized carbons (Fsp3) is 0.400. The van der Waals surface area contributed by atoms with Crippen LogP contribution < -0.4 is 4.74 Å². The highest BCUT2D eigenvalue weighted by molar-refractivity contribution is 5.88. The Morgan fingerprint density at radius 3 is 2.64 bits per heavy atom. The van der Waals surface area contributed by atoms with Crippen molar-refractivity contribution in [3.63, 3.8) is 0 Å². The van der Waals surface area contributed by atoms with Gasteiger partial charge in [0, 0.05) is 12.3 Å². The van der Waals surface area contributed by atoms with Gasteiger partial charge in [0.25, 0.3) is 0 Å². The summed E-state index contributed by atoms with van der Waals surface area (Å²) in [5, 5.41) is 8.76. The number of carboxylic acid groups (broad SMARTS) is 1. The molecule has 0 aliphatic rings. The molecule has 76 valence electrons. The van der Waals surface area contributed by atoms with Crippen molar-refractivity contribution < 1.29 is 14.6 Å². The molecule has 1 rings (SSSR count). The molecule has 0 atom stereocenters. The van der Waals surface area contributed by atoms with Gasteiger partial charge in [0.15, 0.2) is 0 Å². The van der Waals surface area contributed by atoms with E-state index in [-0.39, 0.29) is 11.7 Å². The summed E-state index contributed by atoms with van der Waals surface area (Å²) in [4.78, 5) is 14.6. The molecule has 0 saturated heterocycles. The molecule has 0 bridgehead atoms. The van der Waals surface area contributed by atoms with Crippen LogP contribution in [0.15, 0.2) is 12.3 Å². The van der Waals surface area contributed by atoms with Crippen molar-refractivity contribution in [2.75, 3.05) is 0 Å². The van der Waals surface area contributed by atoms with E-state index in [0.29, 0.717) is 11.4 Å². The van der Waals surface area contributed by atoms with Crippen molar-refractivity contribution in [2.24, 2.45) is 0 Å². The summed E-state index contributed by atoms with van der Waals surface area (Å²) in [7, 11) is 0.